The minimum absolute atomic E-state index is 0.190. The van der Waals surface area contributed by atoms with Crippen LogP contribution in [0.25, 0.3) is 0 Å². The number of rotatable bonds is 10. The number of para-hydroxylation sites is 1. The molecule has 0 saturated carbocycles. The Bertz CT molecular complexity index is 998. The van der Waals surface area contributed by atoms with Gasteiger partial charge in [-0.2, -0.15) is 13.2 Å². The summed E-state index contributed by atoms with van der Waals surface area (Å²) in [5.74, 6) is 0.265. The molecule has 0 radical (unpaired) electrons. The molecular formula is C24H36F3N7O. The van der Waals surface area contributed by atoms with E-state index in [9.17, 15) is 13.2 Å². The van der Waals surface area contributed by atoms with E-state index in [1.165, 1.54) is 12.0 Å². The number of hydrogen-bond donors (Lipinski definition) is 4. The van der Waals surface area contributed by atoms with Gasteiger partial charge in [0.1, 0.15) is 12.3 Å². The van der Waals surface area contributed by atoms with Crippen LogP contribution in [-0.2, 0) is 0 Å². The van der Waals surface area contributed by atoms with Crippen molar-refractivity contribution in [1.29, 1.82) is 5.41 Å². The maximum atomic E-state index is 13.3. The van der Waals surface area contributed by atoms with Crippen molar-refractivity contribution in [2.24, 2.45) is 0 Å². The lowest BCUT2D eigenvalue weighted by Crippen LogP contribution is -2.51. The van der Waals surface area contributed by atoms with Gasteiger partial charge in [-0.05, 0) is 45.6 Å². The summed E-state index contributed by atoms with van der Waals surface area (Å²) in [6.07, 6.45) is -5.25. The van der Waals surface area contributed by atoms with Crippen LogP contribution in [0.4, 0.5) is 35.9 Å². The lowest BCUT2D eigenvalue weighted by molar-refractivity contribution is -0.120. The Morgan fingerprint density at radius 1 is 1.11 bits per heavy atom. The Kier molecular flexibility index (Phi) is 9.47. The molecule has 0 spiro atoms. The van der Waals surface area contributed by atoms with Gasteiger partial charge in [0.2, 0.25) is 0 Å². The molecule has 194 valence electrons. The van der Waals surface area contributed by atoms with E-state index >= 15 is 0 Å². The second-order valence-corrected chi connectivity index (χ2v) is 8.69. The fraction of sp³-hybridized carbons (Fsp3) is 0.458. The molecule has 0 saturated heterocycles. The largest absolute Gasteiger partial charge is 0.494 e. The monoisotopic (exact) mass is 495 g/mol. The van der Waals surface area contributed by atoms with E-state index in [0.29, 0.717) is 28.4 Å². The molecule has 0 bridgehead atoms. The summed E-state index contributed by atoms with van der Waals surface area (Å²) in [4.78, 5) is 5.25. The van der Waals surface area contributed by atoms with E-state index in [0.717, 1.165) is 18.8 Å². The number of nitrogens with one attached hydrogen (secondary N) is 3. The molecule has 5 N–H and O–H groups in total. The van der Waals surface area contributed by atoms with Gasteiger partial charge >= 0.3 is 6.18 Å². The fourth-order valence-corrected chi connectivity index (χ4v) is 3.62. The number of hydrogen-bond acceptors (Lipinski definition) is 6. The summed E-state index contributed by atoms with van der Waals surface area (Å²) in [6.45, 7) is 3.74. The lowest BCUT2D eigenvalue weighted by atomic mass is 10.1. The Hall–Kier alpha value is -3.34. The molecule has 0 amide bonds. The summed E-state index contributed by atoms with van der Waals surface area (Å²) in [5.41, 5.74) is 9.09. The highest BCUT2D eigenvalue weighted by molar-refractivity contribution is 5.95. The third kappa shape index (κ3) is 8.13. The van der Waals surface area contributed by atoms with Crippen molar-refractivity contribution in [3.63, 3.8) is 0 Å². The van der Waals surface area contributed by atoms with Gasteiger partial charge in [0.25, 0.3) is 0 Å². The van der Waals surface area contributed by atoms with Gasteiger partial charge in [0.05, 0.1) is 30.3 Å². The van der Waals surface area contributed by atoms with Gasteiger partial charge in [0, 0.05) is 31.9 Å². The van der Waals surface area contributed by atoms with E-state index in [1.54, 1.807) is 50.2 Å². The molecular weight excluding hydrogens is 459 g/mol. The second-order valence-electron chi connectivity index (χ2n) is 8.69. The third-order valence-electron chi connectivity index (χ3n) is 5.50. The molecule has 2 aromatic rings. The van der Waals surface area contributed by atoms with Crippen LogP contribution in [0.15, 0.2) is 36.4 Å². The molecule has 35 heavy (non-hydrogen) atoms. The number of halogens is 3. The van der Waals surface area contributed by atoms with Crippen LogP contribution >= 0.6 is 0 Å². The van der Waals surface area contributed by atoms with Crippen LogP contribution in [0.1, 0.15) is 12.5 Å². The molecule has 0 aliphatic carbocycles. The van der Waals surface area contributed by atoms with Crippen molar-refractivity contribution >= 4 is 28.7 Å². The number of methoxy groups -OCH3 is 1. The maximum absolute atomic E-state index is 13.3. The number of nitrogens with two attached hydrogens (primary N) is 1. The third-order valence-corrected chi connectivity index (χ3v) is 5.50. The first-order valence-electron chi connectivity index (χ1n) is 11.2. The zero-order chi connectivity index (χ0) is 26.3. The lowest BCUT2D eigenvalue weighted by Gasteiger charge is -2.34. The van der Waals surface area contributed by atoms with Crippen LogP contribution in [0.2, 0.25) is 0 Å². The van der Waals surface area contributed by atoms with Gasteiger partial charge in [-0.25, -0.2) is 0 Å². The highest BCUT2D eigenvalue weighted by Crippen LogP contribution is 2.35. The number of alkyl halides is 3. The topological polar surface area (TPSA) is 92.9 Å². The Labute approximate surface area is 205 Å². The van der Waals surface area contributed by atoms with Crippen LogP contribution in [0.5, 0.6) is 5.75 Å². The van der Waals surface area contributed by atoms with Crippen LogP contribution in [0, 0.1) is 12.3 Å². The molecule has 0 fully saturated rings. The number of benzene rings is 2. The van der Waals surface area contributed by atoms with Gasteiger partial charge in [-0.15, -0.1) is 0 Å². The van der Waals surface area contributed by atoms with Gasteiger partial charge in [0.15, 0.2) is 5.96 Å². The van der Waals surface area contributed by atoms with Crippen molar-refractivity contribution in [3.8, 4) is 5.75 Å². The summed E-state index contributed by atoms with van der Waals surface area (Å²) in [7, 11) is 7.40. The summed E-state index contributed by atoms with van der Waals surface area (Å²) in [6, 6.07) is 10.3. The van der Waals surface area contributed by atoms with E-state index in [1.807, 2.05) is 26.0 Å². The van der Waals surface area contributed by atoms with Gasteiger partial charge in [-0.3, -0.25) is 5.41 Å². The average molecular weight is 496 g/mol. The summed E-state index contributed by atoms with van der Waals surface area (Å²) < 4.78 is 45.5. The van der Waals surface area contributed by atoms with Crippen molar-refractivity contribution in [1.82, 2.24) is 10.2 Å². The van der Waals surface area contributed by atoms with E-state index in [2.05, 4.69) is 15.5 Å². The Morgan fingerprint density at radius 3 is 2.34 bits per heavy atom. The first-order chi connectivity index (χ1) is 16.3. The highest BCUT2D eigenvalue weighted by Gasteiger charge is 2.33. The molecule has 8 nitrogen and oxygen atoms in total. The molecule has 1 unspecified atom stereocenters. The first kappa shape index (κ1) is 27.9. The zero-order valence-corrected chi connectivity index (χ0v) is 21.1. The smallest absolute Gasteiger partial charge is 0.405 e. The zero-order valence-electron chi connectivity index (χ0n) is 21.1. The van der Waals surface area contributed by atoms with Gasteiger partial charge in [-0.1, -0.05) is 18.2 Å². The number of anilines is 4. The number of nitrogen functional groups attached to an aromatic ring is 1. The average Bonchev–Trinajstić information content (AvgIpc) is 2.75. The van der Waals surface area contributed by atoms with Crippen LogP contribution < -0.4 is 30.9 Å². The number of nitrogens with zero attached hydrogens (tertiary/aromatic N) is 3. The van der Waals surface area contributed by atoms with Crippen molar-refractivity contribution in [2.75, 3.05) is 68.7 Å². The standard InChI is InChI=1S/C24H36F3N7O/c1-16-9-7-8-10-20(16)34(15-24(25,26)27)17(2)30-23(29)31-19-13-18(28)21(14-22(19)35-6)33(5)12-11-32(3)4/h7-10,13-14,17H,11-12,15,28H2,1-6H3,(H3,29,30,31). The minimum Gasteiger partial charge on any atom is -0.494 e. The fourth-order valence-electron chi connectivity index (χ4n) is 3.62. The van der Waals surface area contributed by atoms with E-state index in [-0.39, 0.29) is 5.96 Å². The quantitative estimate of drug-likeness (QED) is 0.172. The van der Waals surface area contributed by atoms with E-state index < -0.39 is 18.9 Å². The number of guanidine groups is 1. The van der Waals surface area contributed by atoms with Gasteiger partial charge < -0.3 is 35.8 Å². The molecule has 11 heteroatoms. The highest BCUT2D eigenvalue weighted by atomic mass is 19.4. The van der Waals surface area contributed by atoms with Crippen molar-refractivity contribution in [2.45, 2.75) is 26.2 Å². The molecule has 0 aromatic heterocycles. The SMILES string of the molecule is COc1cc(N(C)CCN(C)C)c(N)cc1NC(=N)NC(C)N(CC(F)(F)F)c1ccccc1C. The normalized spacial score (nSPS) is 12.3. The number of ether oxygens (including phenoxy) is 1. The minimum atomic E-state index is -4.42. The van der Waals surface area contributed by atoms with Crippen LogP contribution in [0.3, 0.4) is 0 Å². The Balaban J connectivity index is 2.20. The Morgan fingerprint density at radius 2 is 1.77 bits per heavy atom. The number of likely N-dealkylation sites (N-methyl/N-ethyl adjacent to an activating group) is 2. The molecule has 2 rings (SSSR count). The first-order valence-corrected chi connectivity index (χ1v) is 11.2. The van der Waals surface area contributed by atoms with Crippen LogP contribution in [-0.4, -0.2) is 71.1 Å². The second kappa shape index (κ2) is 11.9. The number of aryl methyl sites for hydroxylation is 1. The van der Waals surface area contributed by atoms with Crippen molar-refractivity contribution in [3.05, 3.63) is 42.0 Å². The predicted octanol–water partition coefficient (Wildman–Crippen LogP) is 3.93. The molecule has 0 aliphatic heterocycles. The molecule has 0 heterocycles. The summed E-state index contributed by atoms with van der Waals surface area (Å²) in [5, 5.41) is 14.0. The molecule has 0 aliphatic rings. The summed E-state index contributed by atoms with van der Waals surface area (Å²) >= 11 is 0. The molecule has 2 aromatic carbocycles. The molecule has 1 atom stereocenters. The predicted molar refractivity (Wildman–Crippen MR) is 138 cm³/mol. The maximum Gasteiger partial charge on any atom is 0.405 e. The van der Waals surface area contributed by atoms with Crippen molar-refractivity contribution < 1.29 is 17.9 Å². The van der Waals surface area contributed by atoms with E-state index in [4.69, 9.17) is 15.9 Å².